The van der Waals surface area contributed by atoms with E-state index in [2.05, 4.69) is 0 Å². The van der Waals surface area contributed by atoms with Crippen molar-refractivity contribution in [3.05, 3.63) is 84.4 Å². The first kappa shape index (κ1) is 23.5. The third-order valence-corrected chi connectivity index (χ3v) is 7.72. The largest absolute Gasteiger partial charge is 0.492 e. The molecule has 3 aromatic rings. The van der Waals surface area contributed by atoms with Gasteiger partial charge in [-0.2, -0.15) is 9.57 Å². The van der Waals surface area contributed by atoms with E-state index >= 15 is 0 Å². The molecule has 0 spiro atoms. The molecule has 0 atom stereocenters. The smallest absolute Gasteiger partial charge is 0.244 e. The molecule has 1 amide bonds. The minimum Gasteiger partial charge on any atom is -0.492 e. The van der Waals surface area contributed by atoms with E-state index in [1.165, 1.54) is 16.4 Å². The summed E-state index contributed by atoms with van der Waals surface area (Å²) in [5.74, 6) is 0.639. The lowest BCUT2D eigenvalue weighted by molar-refractivity contribution is -0.132. The zero-order valence-corrected chi connectivity index (χ0v) is 19.4. The van der Waals surface area contributed by atoms with Crippen LogP contribution in [0.3, 0.4) is 0 Å². The number of carbonyl (C=O) groups excluding carboxylic acids is 1. The van der Waals surface area contributed by atoms with Gasteiger partial charge in [-0.1, -0.05) is 60.7 Å². The number of nitrogens with zero attached hydrogens (tertiary/aromatic N) is 3. The van der Waals surface area contributed by atoms with Crippen molar-refractivity contribution < 1.29 is 17.9 Å². The Morgan fingerprint density at radius 2 is 1.53 bits per heavy atom. The Hall–Kier alpha value is -3.67. The van der Waals surface area contributed by atoms with Gasteiger partial charge in [0, 0.05) is 31.7 Å². The lowest BCUT2D eigenvalue weighted by atomic mass is 10.1. The molecule has 4 rings (SSSR count). The summed E-state index contributed by atoms with van der Waals surface area (Å²) in [7, 11) is -3.79. The monoisotopic (exact) mass is 475 g/mol. The van der Waals surface area contributed by atoms with Gasteiger partial charge in [0.2, 0.25) is 15.9 Å². The van der Waals surface area contributed by atoms with Gasteiger partial charge in [0.05, 0.1) is 23.5 Å². The zero-order chi connectivity index (χ0) is 24.0. The van der Waals surface area contributed by atoms with E-state index in [0.717, 1.165) is 11.1 Å². The van der Waals surface area contributed by atoms with E-state index in [9.17, 15) is 18.5 Å². The van der Waals surface area contributed by atoms with Gasteiger partial charge in [-0.3, -0.25) is 4.79 Å². The highest BCUT2D eigenvalue weighted by atomic mass is 32.2. The molecular formula is C26H25N3O4S. The van der Waals surface area contributed by atoms with Gasteiger partial charge >= 0.3 is 0 Å². The second kappa shape index (κ2) is 10.5. The molecule has 1 heterocycles. The Bertz CT molecular complexity index is 1290. The fourth-order valence-corrected chi connectivity index (χ4v) is 5.52. The minimum atomic E-state index is -3.79. The maximum Gasteiger partial charge on any atom is 0.244 e. The first-order valence-electron chi connectivity index (χ1n) is 11.0. The highest BCUT2D eigenvalue weighted by molar-refractivity contribution is 7.89. The average molecular weight is 476 g/mol. The molecule has 3 aromatic carbocycles. The minimum absolute atomic E-state index is 0.00255. The van der Waals surface area contributed by atoms with Crippen LogP contribution in [0.25, 0.3) is 11.1 Å². The Balaban J connectivity index is 1.32. The first-order chi connectivity index (χ1) is 16.5. The summed E-state index contributed by atoms with van der Waals surface area (Å²) in [6.07, 6.45) is 0.202. The van der Waals surface area contributed by atoms with Crippen LogP contribution in [-0.2, 0) is 14.8 Å². The van der Waals surface area contributed by atoms with Crippen molar-refractivity contribution >= 4 is 15.9 Å². The van der Waals surface area contributed by atoms with Gasteiger partial charge in [0.25, 0.3) is 0 Å². The van der Waals surface area contributed by atoms with Crippen molar-refractivity contribution in [3.63, 3.8) is 0 Å². The number of para-hydroxylation sites is 1. The van der Waals surface area contributed by atoms with Crippen molar-refractivity contribution in [2.24, 2.45) is 0 Å². The van der Waals surface area contributed by atoms with E-state index in [4.69, 9.17) is 4.74 Å². The Morgan fingerprint density at radius 1 is 0.882 bits per heavy atom. The van der Waals surface area contributed by atoms with Crippen molar-refractivity contribution in [2.75, 3.05) is 32.8 Å². The summed E-state index contributed by atoms with van der Waals surface area (Å²) in [4.78, 5) is 14.4. The summed E-state index contributed by atoms with van der Waals surface area (Å²) in [5, 5.41) is 9.24. The molecule has 0 unspecified atom stereocenters. The molecule has 34 heavy (non-hydrogen) atoms. The van der Waals surface area contributed by atoms with Crippen molar-refractivity contribution in [2.45, 2.75) is 11.3 Å². The summed E-state index contributed by atoms with van der Waals surface area (Å²) < 4.78 is 33.2. The van der Waals surface area contributed by atoms with Crippen LogP contribution in [0.2, 0.25) is 0 Å². The maximum absolute atomic E-state index is 13.0. The summed E-state index contributed by atoms with van der Waals surface area (Å²) in [5.41, 5.74) is 2.13. The normalized spacial score (nSPS) is 14.4. The molecule has 174 valence electrons. The van der Waals surface area contributed by atoms with Crippen LogP contribution in [0.5, 0.6) is 5.75 Å². The summed E-state index contributed by atoms with van der Waals surface area (Å²) in [6.45, 7) is 1.20. The molecule has 0 N–H and O–H groups in total. The van der Waals surface area contributed by atoms with E-state index in [-0.39, 0.29) is 42.5 Å². The molecule has 0 aromatic heterocycles. The lowest BCUT2D eigenvalue weighted by Gasteiger charge is -2.34. The molecule has 0 radical (unpaired) electrons. The van der Waals surface area contributed by atoms with Crippen molar-refractivity contribution in [3.8, 4) is 22.9 Å². The van der Waals surface area contributed by atoms with Crippen molar-refractivity contribution in [1.29, 1.82) is 5.26 Å². The second-order valence-corrected chi connectivity index (χ2v) is 9.76. The third kappa shape index (κ3) is 5.11. The number of carbonyl (C=O) groups is 1. The number of ether oxygens (including phenoxy) is 1. The Kier molecular flexibility index (Phi) is 7.26. The van der Waals surface area contributed by atoms with Crippen LogP contribution in [0, 0.1) is 11.3 Å². The van der Waals surface area contributed by atoms with Crippen LogP contribution < -0.4 is 4.74 Å². The van der Waals surface area contributed by atoms with Crippen molar-refractivity contribution in [1.82, 2.24) is 9.21 Å². The predicted octanol–water partition coefficient (Wildman–Crippen LogP) is 3.53. The zero-order valence-electron chi connectivity index (χ0n) is 18.6. The molecule has 0 saturated carbocycles. The fraction of sp³-hybridized carbons (Fsp3) is 0.231. The molecule has 0 aliphatic carbocycles. The molecule has 1 fully saturated rings. The number of nitriles is 1. The van der Waals surface area contributed by atoms with Crippen LogP contribution in [0.4, 0.5) is 0 Å². The quantitative estimate of drug-likeness (QED) is 0.521. The maximum atomic E-state index is 13.0. The van der Waals surface area contributed by atoms with Gasteiger partial charge in [-0.15, -0.1) is 0 Å². The van der Waals surface area contributed by atoms with Crippen LogP contribution in [0.1, 0.15) is 12.0 Å². The van der Waals surface area contributed by atoms with E-state index in [1.54, 1.807) is 17.0 Å². The highest BCUT2D eigenvalue weighted by Gasteiger charge is 2.31. The number of hydrogen-bond donors (Lipinski definition) is 0. The van der Waals surface area contributed by atoms with Crippen LogP contribution in [0.15, 0.2) is 83.8 Å². The van der Waals surface area contributed by atoms with Gasteiger partial charge < -0.3 is 9.64 Å². The van der Waals surface area contributed by atoms with Crippen LogP contribution in [-0.4, -0.2) is 56.3 Å². The number of sulfonamides is 1. The predicted molar refractivity (Wildman–Crippen MR) is 128 cm³/mol. The molecular weight excluding hydrogens is 450 g/mol. The lowest BCUT2D eigenvalue weighted by Crippen LogP contribution is -2.50. The molecule has 7 nitrogen and oxygen atoms in total. The fourth-order valence-electron chi connectivity index (χ4n) is 3.96. The Morgan fingerprint density at radius 3 is 2.26 bits per heavy atom. The second-order valence-electron chi connectivity index (χ2n) is 7.85. The van der Waals surface area contributed by atoms with E-state index < -0.39 is 10.0 Å². The average Bonchev–Trinajstić information content (AvgIpc) is 2.89. The van der Waals surface area contributed by atoms with E-state index in [0.29, 0.717) is 18.8 Å². The topological polar surface area (TPSA) is 90.7 Å². The molecule has 8 heteroatoms. The van der Waals surface area contributed by atoms with Gasteiger partial charge in [0.1, 0.15) is 11.8 Å². The molecule has 1 saturated heterocycles. The van der Waals surface area contributed by atoms with Crippen LogP contribution >= 0.6 is 0 Å². The molecule has 1 aliphatic rings. The molecule has 1 aliphatic heterocycles. The number of amides is 1. The van der Waals surface area contributed by atoms with Gasteiger partial charge in [-0.25, -0.2) is 8.42 Å². The number of benzene rings is 3. The number of piperazine rings is 1. The van der Waals surface area contributed by atoms with Gasteiger partial charge in [-0.05, 0) is 23.8 Å². The SMILES string of the molecule is N#Cc1ccccc1S(=O)(=O)N1CCN(C(=O)CCOc2ccccc2-c2ccccc2)CC1. The van der Waals surface area contributed by atoms with E-state index in [1.807, 2.05) is 60.7 Å². The summed E-state index contributed by atoms with van der Waals surface area (Å²) >= 11 is 0. The first-order valence-corrected chi connectivity index (χ1v) is 12.5. The number of hydrogen-bond acceptors (Lipinski definition) is 5. The Labute approximate surface area is 199 Å². The number of rotatable bonds is 7. The highest BCUT2D eigenvalue weighted by Crippen LogP contribution is 2.29. The standard InChI is InChI=1S/C26H25N3O4S/c27-20-22-10-4-7-13-25(22)34(31,32)29-17-15-28(16-18-29)26(30)14-19-33-24-12-6-5-11-23(24)21-8-2-1-3-9-21/h1-13H,14-19H2. The van der Waals surface area contributed by atoms with Gasteiger partial charge in [0.15, 0.2) is 0 Å². The third-order valence-electron chi connectivity index (χ3n) is 5.76. The summed E-state index contributed by atoms with van der Waals surface area (Å²) in [6, 6.07) is 25.7. The molecule has 0 bridgehead atoms.